The minimum Gasteiger partial charge on any atom is -0.461 e. The third kappa shape index (κ3) is 2.52. The van der Waals surface area contributed by atoms with Gasteiger partial charge in [0, 0.05) is 5.56 Å². The second kappa shape index (κ2) is 5.09. The van der Waals surface area contributed by atoms with E-state index in [2.05, 4.69) is 0 Å². The molecule has 0 aliphatic heterocycles. The first-order valence-corrected chi connectivity index (χ1v) is 5.17. The van der Waals surface area contributed by atoms with Crippen LogP contribution < -0.4 is 5.32 Å². The Morgan fingerprint density at radius 3 is 2.28 bits per heavy atom. The largest absolute Gasteiger partial charge is 0.461 e. The molecule has 0 saturated carbocycles. The first-order chi connectivity index (χ1) is 8.68. The van der Waals surface area contributed by atoms with Crippen molar-refractivity contribution in [3.05, 3.63) is 60.1 Å². The van der Waals surface area contributed by atoms with Gasteiger partial charge < -0.3 is 4.42 Å². The molecule has 0 unspecified atom stereocenters. The average Bonchev–Trinajstić information content (AvgIpc) is 2.92. The van der Waals surface area contributed by atoms with E-state index in [0.717, 1.165) is 0 Å². The number of rotatable bonds is 3. The number of nitrogens with one attached hydrogen (secondary N) is 1. The summed E-state index contributed by atoms with van der Waals surface area (Å²) in [6.07, 6.45) is 1.28. The van der Waals surface area contributed by atoms with Gasteiger partial charge in [-0.25, -0.2) is 0 Å². The molecule has 0 radical (unpaired) electrons. The molecule has 1 heterocycles. The SMILES string of the molecule is O=C(NC(=O)c1ccccc1)C(=O)c1ccco1. The number of furan rings is 1. The Morgan fingerprint density at radius 2 is 1.67 bits per heavy atom. The highest BCUT2D eigenvalue weighted by Gasteiger charge is 2.21. The molecule has 90 valence electrons. The zero-order valence-electron chi connectivity index (χ0n) is 9.25. The summed E-state index contributed by atoms with van der Waals surface area (Å²) in [5, 5.41) is 2.00. The van der Waals surface area contributed by atoms with Crippen molar-refractivity contribution < 1.29 is 18.8 Å². The van der Waals surface area contributed by atoms with E-state index in [9.17, 15) is 14.4 Å². The van der Waals surface area contributed by atoms with E-state index >= 15 is 0 Å². The van der Waals surface area contributed by atoms with E-state index < -0.39 is 17.6 Å². The Morgan fingerprint density at radius 1 is 0.944 bits per heavy atom. The monoisotopic (exact) mass is 243 g/mol. The van der Waals surface area contributed by atoms with Gasteiger partial charge in [0.2, 0.25) is 0 Å². The first kappa shape index (κ1) is 11.8. The Bertz CT molecular complexity index is 572. The Labute approximate surface area is 102 Å². The number of benzene rings is 1. The van der Waals surface area contributed by atoms with Crippen LogP contribution in [0, 0.1) is 0 Å². The predicted molar refractivity (Wildman–Crippen MR) is 62.0 cm³/mol. The summed E-state index contributed by atoms with van der Waals surface area (Å²) in [6.45, 7) is 0. The van der Waals surface area contributed by atoms with Crippen LogP contribution in [0.1, 0.15) is 20.9 Å². The van der Waals surface area contributed by atoms with Crippen LogP contribution in [0.4, 0.5) is 0 Å². The Hall–Kier alpha value is -2.69. The topological polar surface area (TPSA) is 76.4 Å². The van der Waals surface area contributed by atoms with Crippen molar-refractivity contribution in [3.8, 4) is 0 Å². The van der Waals surface area contributed by atoms with Gasteiger partial charge in [-0.05, 0) is 24.3 Å². The standard InChI is InChI=1S/C13H9NO4/c15-11(10-7-4-8-18-10)13(17)14-12(16)9-5-2-1-3-6-9/h1-8H,(H,14,16,17). The highest BCUT2D eigenvalue weighted by molar-refractivity contribution is 6.44. The van der Waals surface area contributed by atoms with Crippen LogP contribution in [0.15, 0.2) is 53.1 Å². The quantitative estimate of drug-likeness (QED) is 0.653. The lowest BCUT2D eigenvalue weighted by Gasteiger charge is -2.01. The second-order valence-corrected chi connectivity index (χ2v) is 3.46. The number of amides is 2. The third-order valence-corrected chi connectivity index (χ3v) is 2.21. The zero-order chi connectivity index (χ0) is 13.0. The molecular weight excluding hydrogens is 234 g/mol. The number of Topliss-reactive ketones (excluding diaryl/α,β-unsaturated/α-hetero) is 1. The molecule has 0 saturated heterocycles. The first-order valence-electron chi connectivity index (χ1n) is 5.17. The second-order valence-electron chi connectivity index (χ2n) is 3.46. The fourth-order valence-corrected chi connectivity index (χ4v) is 1.34. The molecule has 0 spiro atoms. The average molecular weight is 243 g/mol. The highest BCUT2D eigenvalue weighted by Crippen LogP contribution is 2.02. The van der Waals surface area contributed by atoms with Crippen LogP contribution in [-0.2, 0) is 4.79 Å². The van der Waals surface area contributed by atoms with E-state index in [0.29, 0.717) is 5.56 Å². The molecule has 18 heavy (non-hydrogen) atoms. The van der Waals surface area contributed by atoms with Gasteiger partial charge in [-0.3, -0.25) is 19.7 Å². The maximum atomic E-state index is 11.6. The molecule has 0 atom stereocenters. The van der Waals surface area contributed by atoms with Crippen molar-refractivity contribution in [2.24, 2.45) is 0 Å². The Balaban J connectivity index is 2.04. The van der Waals surface area contributed by atoms with Crippen molar-refractivity contribution >= 4 is 17.6 Å². The fourth-order valence-electron chi connectivity index (χ4n) is 1.34. The van der Waals surface area contributed by atoms with Crippen LogP contribution in [0.2, 0.25) is 0 Å². The van der Waals surface area contributed by atoms with Gasteiger partial charge >= 0.3 is 5.91 Å². The van der Waals surface area contributed by atoms with E-state index in [1.165, 1.54) is 18.4 Å². The number of carbonyl (C=O) groups is 3. The maximum Gasteiger partial charge on any atom is 0.302 e. The number of carbonyl (C=O) groups excluding carboxylic acids is 3. The summed E-state index contributed by atoms with van der Waals surface area (Å²) in [5.41, 5.74) is 0.304. The molecule has 2 aromatic rings. The van der Waals surface area contributed by atoms with Gasteiger partial charge in [-0.15, -0.1) is 0 Å². The smallest absolute Gasteiger partial charge is 0.302 e. The molecule has 2 amide bonds. The fraction of sp³-hybridized carbons (Fsp3) is 0. The molecule has 0 aliphatic carbocycles. The summed E-state index contributed by atoms with van der Waals surface area (Å²) in [5.74, 6) is -2.63. The molecule has 0 bridgehead atoms. The van der Waals surface area contributed by atoms with Gasteiger partial charge in [0.15, 0.2) is 5.76 Å². The molecule has 0 aliphatic rings. The number of hydrogen-bond acceptors (Lipinski definition) is 4. The van der Waals surface area contributed by atoms with Crippen LogP contribution in [0.5, 0.6) is 0 Å². The molecule has 5 nitrogen and oxygen atoms in total. The molecule has 0 fully saturated rings. The van der Waals surface area contributed by atoms with Gasteiger partial charge in [0.25, 0.3) is 11.7 Å². The van der Waals surface area contributed by atoms with Gasteiger partial charge in [-0.2, -0.15) is 0 Å². The molecule has 2 rings (SSSR count). The van der Waals surface area contributed by atoms with E-state index in [1.54, 1.807) is 30.3 Å². The predicted octanol–water partition coefficient (Wildman–Crippen LogP) is 1.42. The van der Waals surface area contributed by atoms with Gasteiger partial charge in [0.05, 0.1) is 6.26 Å². The summed E-state index contributed by atoms with van der Waals surface area (Å²) in [4.78, 5) is 34.6. The lowest BCUT2D eigenvalue weighted by Crippen LogP contribution is -2.35. The van der Waals surface area contributed by atoms with Crippen LogP contribution in [0.25, 0.3) is 0 Å². The summed E-state index contributed by atoms with van der Waals surface area (Å²) in [7, 11) is 0. The van der Waals surface area contributed by atoms with Crippen molar-refractivity contribution in [1.29, 1.82) is 0 Å². The lowest BCUT2D eigenvalue weighted by atomic mass is 10.2. The Kier molecular flexibility index (Phi) is 3.33. The summed E-state index contributed by atoms with van der Waals surface area (Å²) >= 11 is 0. The molecular formula is C13H9NO4. The zero-order valence-corrected chi connectivity index (χ0v) is 9.25. The van der Waals surface area contributed by atoms with E-state index in [4.69, 9.17) is 4.42 Å². The van der Waals surface area contributed by atoms with Crippen molar-refractivity contribution in [1.82, 2.24) is 5.32 Å². The highest BCUT2D eigenvalue weighted by atomic mass is 16.3. The van der Waals surface area contributed by atoms with Crippen LogP contribution in [-0.4, -0.2) is 17.6 Å². The van der Waals surface area contributed by atoms with Gasteiger partial charge in [-0.1, -0.05) is 18.2 Å². The molecule has 1 N–H and O–H groups in total. The number of imide groups is 1. The molecule has 5 heteroatoms. The number of hydrogen-bond donors (Lipinski definition) is 1. The van der Waals surface area contributed by atoms with Crippen LogP contribution >= 0.6 is 0 Å². The summed E-state index contributed by atoms with van der Waals surface area (Å²) < 4.78 is 4.78. The third-order valence-electron chi connectivity index (χ3n) is 2.21. The van der Waals surface area contributed by atoms with E-state index in [1.807, 2.05) is 5.32 Å². The van der Waals surface area contributed by atoms with Crippen LogP contribution in [0.3, 0.4) is 0 Å². The van der Waals surface area contributed by atoms with Crippen molar-refractivity contribution in [2.45, 2.75) is 0 Å². The lowest BCUT2D eigenvalue weighted by molar-refractivity contribution is -0.116. The summed E-state index contributed by atoms with van der Waals surface area (Å²) in [6, 6.07) is 11.0. The molecule has 1 aromatic heterocycles. The minimum absolute atomic E-state index is 0.103. The van der Waals surface area contributed by atoms with E-state index in [-0.39, 0.29) is 5.76 Å². The van der Waals surface area contributed by atoms with Crippen molar-refractivity contribution in [2.75, 3.05) is 0 Å². The normalized spacial score (nSPS) is 9.78. The number of ketones is 1. The molecule has 1 aromatic carbocycles. The van der Waals surface area contributed by atoms with Crippen molar-refractivity contribution in [3.63, 3.8) is 0 Å². The van der Waals surface area contributed by atoms with Gasteiger partial charge in [0.1, 0.15) is 0 Å². The minimum atomic E-state index is -1.01. The maximum absolute atomic E-state index is 11.6.